The Morgan fingerprint density at radius 3 is 2.93 bits per heavy atom. The van der Waals surface area contributed by atoms with Crippen molar-refractivity contribution < 1.29 is 0 Å². The molecule has 0 saturated heterocycles. The molecule has 0 radical (unpaired) electrons. The number of alkyl halides is 1. The maximum atomic E-state index is 4.39. The molecule has 3 atom stereocenters. The van der Waals surface area contributed by atoms with Crippen LogP contribution >= 0.6 is 27.3 Å². The molecule has 2 rings (SSSR count). The van der Waals surface area contributed by atoms with Crippen LogP contribution in [0.2, 0.25) is 0 Å². The van der Waals surface area contributed by atoms with E-state index in [0.29, 0.717) is 4.83 Å². The zero-order chi connectivity index (χ0) is 10.8. The van der Waals surface area contributed by atoms with Gasteiger partial charge in [0.15, 0.2) is 0 Å². The van der Waals surface area contributed by atoms with E-state index in [2.05, 4.69) is 41.0 Å². The van der Waals surface area contributed by atoms with Crippen molar-refractivity contribution in [1.82, 2.24) is 4.98 Å². The van der Waals surface area contributed by atoms with Crippen LogP contribution in [0.1, 0.15) is 48.4 Å². The summed E-state index contributed by atoms with van der Waals surface area (Å²) >= 11 is 5.66. The largest absolute Gasteiger partial charge is 0.250 e. The van der Waals surface area contributed by atoms with Gasteiger partial charge in [0.1, 0.15) is 0 Å². The van der Waals surface area contributed by atoms with Gasteiger partial charge in [-0.3, -0.25) is 0 Å². The van der Waals surface area contributed by atoms with E-state index in [-0.39, 0.29) is 0 Å². The molecular weight excluding hydrogens is 270 g/mol. The summed E-state index contributed by atoms with van der Waals surface area (Å²) in [7, 11) is 0. The maximum absolute atomic E-state index is 4.39. The summed E-state index contributed by atoms with van der Waals surface area (Å²) in [6, 6.07) is 0. The number of halogens is 1. The molecule has 0 bridgehead atoms. The molecule has 1 aromatic rings. The van der Waals surface area contributed by atoms with Crippen molar-refractivity contribution in [2.24, 2.45) is 5.92 Å². The lowest BCUT2D eigenvalue weighted by molar-refractivity contribution is 0.311. The third-order valence-electron chi connectivity index (χ3n) is 3.46. The van der Waals surface area contributed by atoms with Crippen molar-refractivity contribution in [1.29, 1.82) is 0 Å². The van der Waals surface area contributed by atoms with E-state index in [4.69, 9.17) is 0 Å². The predicted octanol–water partition coefficient (Wildman–Crippen LogP) is 4.51. The topological polar surface area (TPSA) is 12.9 Å². The molecule has 1 heterocycles. The van der Waals surface area contributed by atoms with E-state index >= 15 is 0 Å². The standard InChI is InChI=1S/C12H18BrNS/c1-3-9-4-5-10(13)6-11(9)12-7-14-8(2)15-12/h7,9-11H,3-6H2,1-2H3. The van der Waals surface area contributed by atoms with Gasteiger partial charge >= 0.3 is 0 Å². The second-order valence-corrected chi connectivity index (χ2v) is 7.03. The minimum absolute atomic E-state index is 0.715. The summed E-state index contributed by atoms with van der Waals surface area (Å²) in [5, 5.41) is 1.21. The summed E-state index contributed by atoms with van der Waals surface area (Å²) in [6.45, 7) is 4.42. The summed E-state index contributed by atoms with van der Waals surface area (Å²) < 4.78 is 0. The summed E-state index contributed by atoms with van der Waals surface area (Å²) in [5.41, 5.74) is 0. The first kappa shape index (κ1) is 11.6. The van der Waals surface area contributed by atoms with Gasteiger partial charge < -0.3 is 0 Å². The number of thiazole rings is 1. The first-order chi connectivity index (χ1) is 7.20. The lowest BCUT2D eigenvalue weighted by Gasteiger charge is -2.32. The number of aromatic nitrogens is 1. The third kappa shape index (κ3) is 2.62. The van der Waals surface area contributed by atoms with Crippen molar-refractivity contribution in [3.63, 3.8) is 0 Å². The van der Waals surface area contributed by atoms with Gasteiger partial charge in [0.2, 0.25) is 0 Å². The van der Waals surface area contributed by atoms with Crippen molar-refractivity contribution in [2.45, 2.75) is 50.3 Å². The van der Waals surface area contributed by atoms with E-state index in [1.54, 1.807) is 0 Å². The Balaban J connectivity index is 2.16. The second-order valence-electron chi connectivity index (χ2n) is 4.47. The fraction of sp³-hybridized carbons (Fsp3) is 0.750. The molecule has 1 aromatic heterocycles. The SMILES string of the molecule is CCC1CCC(Br)CC1c1cnc(C)s1. The number of hydrogen-bond acceptors (Lipinski definition) is 2. The molecule has 0 aromatic carbocycles. The molecule has 1 aliphatic rings. The second kappa shape index (κ2) is 4.96. The van der Waals surface area contributed by atoms with E-state index in [9.17, 15) is 0 Å². The number of hydrogen-bond donors (Lipinski definition) is 0. The van der Waals surface area contributed by atoms with Crippen LogP contribution in [0.3, 0.4) is 0 Å². The third-order valence-corrected chi connectivity index (χ3v) is 5.33. The number of aryl methyl sites for hydroxylation is 1. The Morgan fingerprint density at radius 2 is 2.33 bits per heavy atom. The molecule has 0 N–H and O–H groups in total. The highest BCUT2D eigenvalue weighted by molar-refractivity contribution is 9.09. The van der Waals surface area contributed by atoms with Crippen LogP contribution in [-0.4, -0.2) is 9.81 Å². The lowest BCUT2D eigenvalue weighted by Crippen LogP contribution is -2.22. The molecule has 3 heteroatoms. The van der Waals surface area contributed by atoms with Gasteiger partial charge in [0.05, 0.1) is 5.01 Å². The van der Waals surface area contributed by atoms with Gasteiger partial charge in [-0.25, -0.2) is 4.98 Å². The summed E-state index contributed by atoms with van der Waals surface area (Å²) in [5.74, 6) is 1.62. The Morgan fingerprint density at radius 1 is 1.53 bits per heavy atom. The predicted molar refractivity (Wildman–Crippen MR) is 69.9 cm³/mol. The van der Waals surface area contributed by atoms with Gasteiger partial charge in [0, 0.05) is 15.9 Å². The molecule has 1 nitrogen and oxygen atoms in total. The van der Waals surface area contributed by atoms with Crippen molar-refractivity contribution in [3.8, 4) is 0 Å². The van der Waals surface area contributed by atoms with Crippen LogP contribution in [0.5, 0.6) is 0 Å². The number of nitrogens with zero attached hydrogens (tertiary/aromatic N) is 1. The van der Waals surface area contributed by atoms with Crippen LogP contribution in [0.15, 0.2) is 6.20 Å². The van der Waals surface area contributed by atoms with E-state index < -0.39 is 0 Å². The Labute approximate surface area is 104 Å². The van der Waals surface area contributed by atoms with Crippen LogP contribution in [0, 0.1) is 12.8 Å². The first-order valence-electron chi connectivity index (χ1n) is 5.77. The van der Waals surface area contributed by atoms with Crippen LogP contribution in [0.25, 0.3) is 0 Å². The van der Waals surface area contributed by atoms with Crippen LogP contribution < -0.4 is 0 Å². The van der Waals surface area contributed by atoms with Gasteiger partial charge in [0.25, 0.3) is 0 Å². The highest BCUT2D eigenvalue weighted by Crippen LogP contribution is 2.43. The average Bonchev–Trinajstić information content (AvgIpc) is 2.65. The van der Waals surface area contributed by atoms with Crippen molar-refractivity contribution in [2.75, 3.05) is 0 Å². The molecule has 0 amide bonds. The highest BCUT2D eigenvalue weighted by atomic mass is 79.9. The van der Waals surface area contributed by atoms with Gasteiger partial charge in [-0.15, -0.1) is 11.3 Å². The average molecular weight is 288 g/mol. The minimum Gasteiger partial charge on any atom is -0.250 e. The van der Waals surface area contributed by atoms with E-state index in [1.165, 1.54) is 35.6 Å². The molecule has 1 aliphatic carbocycles. The minimum atomic E-state index is 0.715. The maximum Gasteiger partial charge on any atom is 0.0896 e. The van der Waals surface area contributed by atoms with E-state index in [1.807, 2.05) is 11.3 Å². The number of rotatable bonds is 2. The van der Waals surface area contributed by atoms with Crippen molar-refractivity contribution >= 4 is 27.3 Å². The van der Waals surface area contributed by atoms with Gasteiger partial charge in [-0.1, -0.05) is 29.3 Å². The summed E-state index contributed by atoms with van der Waals surface area (Å²) in [4.78, 5) is 6.61. The highest BCUT2D eigenvalue weighted by Gasteiger charge is 2.30. The Hall–Kier alpha value is 0.110. The van der Waals surface area contributed by atoms with E-state index in [0.717, 1.165) is 11.8 Å². The lowest BCUT2D eigenvalue weighted by atomic mass is 9.77. The smallest absolute Gasteiger partial charge is 0.0896 e. The molecule has 84 valence electrons. The normalized spacial score (nSPS) is 31.8. The van der Waals surface area contributed by atoms with Crippen LogP contribution in [-0.2, 0) is 0 Å². The van der Waals surface area contributed by atoms with Crippen LogP contribution in [0.4, 0.5) is 0 Å². The molecule has 0 spiro atoms. The van der Waals surface area contributed by atoms with Crippen molar-refractivity contribution in [3.05, 3.63) is 16.1 Å². The van der Waals surface area contributed by atoms with Gasteiger partial charge in [-0.05, 0) is 38.0 Å². The zero-order valence-electron chi connectivity index (χ0n) is 9.37. The molecule has 15 heavy (non-hydrogen) atoms. The molecule has 0 aliphatic heterocycles. The molecule has 1 saturated carbocycles. The van der Waals surface area contributed by atoms with Gasteiger partial charge in [-0.2, -0.15) is 0 Å². The zero-order valence-corrected chi connectivity index (χ0v) is 11.8. The first-order valence-corrected chi connectivity index (χ1v) is 7.50. The quantitative estimate of drug-likeness (QED) is 0.730. The monoisotopic (exact) mass is 287 g/mol. The summed E-state index contributed by atoms with van der Waals surface area (Å²) in [6.07, 6.45) is 7.40. The Kier molecular flexibility index (Phi) is 3.83. The fourth-order valence-electron chi connectivity index (χ4n) is 2.57. The molecule has 1 fully saturated rings. The fourth-order valence-corrected chi connectivity index (χ4v) is 4.23. The molecular formula is C12H18BrNS. The Bertz CT molecular complexity index is 323. The molecule has 3 unspecified atom stereocenters.